The maximum absolute atomic E-state index is 12.8. The highest BCUT2D eigenvalue weighted by Gasteiger charge is 2.66. The van der Waals surface area contributed by atoms with E-state index in [1.807, 2.05) is 0 Å². The maximum atomic E-state index is 12.8. The van der Waals surface area contributed by atoms with Crippen LogP contribution in [0.4, 0.5) is 8.78 Å². The first kappa shape index (κ1) is 9.09. The molecular formula is C9H8BrF2N. The van der Waals surface area contributed by atoms with Gasteiger partial charge in [-0.15, -0.1) is 0 Å². The number of benzene rings is 1. The van der Waals surface area contributed by atoms with E-state index in [4.69, 9.17) is 5.73 Å². The Bertz CT molecular complexity index is 323. The Kier molecular flexibility index (Phi) is 1.92. The Morgan fingerprint density at radius 3 is 2.08 bits per heavy atom. The van der Waals surface area contributed by atoms with Crippen LogP contribution in [0.5, 0.6) is 0 Å². The summed E-state index contributed by atoms with van der Waals surface area (Å²) in [5.74, 6) is -3.51. The van der Waals surface area contributed by atoms with Crippen molar-refractivity contribution in [2.45, 2.75) is 17.9 Å². The van der Waals surface area contributed by atoms with Crippen LogP contribution < -0.4 is 5.73 Å². The van der Waals surface area contributed by atoms with Crippen LogP contribution in [0.25, 0.3) is 0 Å². The van der Waals surface area contributed by atoms with E-state index >= 15 is 0 Å². The highest BCUT2D eigenvalue weighted by molar-refractivity contribution is 9.10. The summed E-state index contributed by atoms with van der Waals surface area (Å²) < 4.78 is 26.6. The van der Waals surface area contributed by atoms with E-state index in [2.05, 4.69) is 15.9 Å². The van der Waals surface area contributed by atoms with E-state index in [0.717, 1.165) is 4.47 Å². The van der Waals surface area contributed by atoms with Crippen molar-refractivity contribution in [3.8, 4) is 0 Å². The molecule has 2 atom stereocenters. The molecule has 1 aliphatic rings. The molecule has 0 aliphatic heterocycles. The van der Waals surface area contributed by atoms with E-state index < -0.39 is 17.9 Å². The molecular weight excluding hydrogens is 240 g/mol. The van der Waals surface area contributed by atoms with Crippen LogP contribution in [0.1, 0.15) is 11.5 Å². The normalized spacial score (nSPS) is 30.2. The van der Waals surface area contributed by atoms with Crippen LogP contribution in [-0.4, -0.2) is 12.0 Å². The number of alkyl halides is 2. The second-order valence-electron chi connectivity index (χ2n) is 3.23. The average molecular weight is 248 g/mol. The molecule has 70 valence electrons. The Morgan fingerprint density at radius 1 is 1.23 bits per heavy atom. The van der Waals surface area contributed by atoms with Crippen molar-refractivity contribution < 1.29 is 8.78 Å². The van der Waals surface area contributed by atoms with E-state index in [9.17, 15) is 8.78 Å². The van der Waals surface area contributed by atoms with E-state index in [0.29, 0.717) is 5.56 Å². The van der Waals surface area contributed by atoms with Gasteiger partial charge in [0.2, 0.25) is 0 Å². The van der Waals surface area contributed by atoms with Gasteiger partial charge in [-0.05, 0) is 17.7 Å². The summed E-state index contributed by atoms with van der Waals surface area (Å²) in [5, 5.41) is 0. The Morgan fingerprint density at radius 2 is 1.69 bits per heavy atom. The largest absolute Gasteiger partial charge is 0.322 e. The van der Waals surface area contributed by atoms with Gasteiger partial charge in [-0.3, -0.25) is 0 Å². The zero-order chi connectivity index (χ0) is 9.64. The standard InChI is InChI=1S/C9H8BrF2N/c10-6-3-1-5(2-4-6)7-8(13)9(7,11)12/h1-4,7-8H,13H2/t7-,8+/m0/s1. The van der Waals surface area contributed by atoms with Crippen molar-refractivity contribution in [2.24, 2.45) is 5.73 Å². The molecule has 2 rings (SSSR count). The number of halogens is 3. The molecule has 13 heavy (non-hydrogen) atoms. The first-order valence-corrected chi connectivity index (χ1v) is 4.71. The minimum Gasteiger partial charge on any atom is -0.322 e. The molecule has 1 fully saturated rings. The number of hydrogen-bond donors (Lipinski definition) is 1. The van der Waals surface area contributed by atoms with Gasteiger partial charge >= 0.3 is 0 Å². The molecule has 1 nitrogen and oxygen atoms in total. The second-order valence-corrected chi connectivity index (χ2v) is 4.15. The van der Waals surface area contributed by atoms with E-state index in [-0.39, 0.29) is 0 Å². The van der Waals surface area contributed by atoms with Gasteiger partial charge in [0.05, 0.1) is 12.0 Å². The Labute approximate surface area is 83.1 Å². The lowest BCUT2D eigenvalue weighted by molar-refractivity contribution is 0.105. The summed E-state index contributed by atoms with van der Waals surface area (Å²) in [5.41, 5.74) is 5.86. The monoisotopic (exact) mass is 247 g/mol. The molecule has 1 aliphatic carbocycles. The van der Waals surface area contributed by atoms with Gasteiger partial charge in [0.25, 0.3) is 5.92 Å². The topological polar surface area (TPSA) is 26.0 Å². The summed E-state index contributed by atoms with van der Waals surface area (Å²) in [6.45, 7) is 0. The van der Waals surface area contributed by atoms with Gasteiger partial charge in [0, 0.05) is 4.47 Å². The summed E-state index contributed by atoms with van der Waals surface area (Å²) in [6.07, 6.45) is 0. The fourth-order valence-corrected chi connectivity index (χ4v) is 1.71. The molecule has 0 amide bonds. The molecule has 0 aromatic heterocycles. The molecule has 0 spiro atoms. The third kappa shape index (κ3) is 1.38. The summed E-state index contributed by atoms with van der Waals surface area (Å²) in [6, 6.07) is 5.84. The Balaban J connectivity index is 2.25. The molecule has 0 radical (unpaired) electrons. The molecule has 1 aromatic rings. The third-order valence-corrected chi connectivity index (χ3v) is 2.87. The second kappa shape index (κ2) is 2.75. The molecule has 1 aromatic carbocycles. The average Bonchev–Trinajstić information content (AvgIpc) is 2.55. The predicted molar refractivity (Wildman–Crippen MR) is 49.8 cm³/mol. The smallest absolute Gasteiger partial charge is 0.272 e. The fraction of sp³-hybridized carbons (Fsp3) is 0.333. The van der Waals surface area contributed by atoms with Gasteiger partial charge in [-0.25, -0.2) is 8.78 Å². The van der Waals surface area contributed by atoms with Gasteiger partial charge in [-0.1, -0.05) is 28.1 Å². The van der Waals surface area contributed by atoms with Crippen LogP contribution in [0.15, 0.2) is 28.7 Å². The van der Waals surface area contributed by atoms with Crippen molar-refractivity contribution in [1.82, 2.24) is 0 Å². The van der Waals surface area contributed by atoms with Crippen LogP contribution in [-0.2, 0) is 0 Å². The van der Waals surface area contributed by atoms with Gasteiger partial charge < -0.3 is 5.73 Å². The van der Waals surface area contributed by atoms with Crippen molar-refractivity contribution in [2.75, 3.05) is 0 Å². The predicted octanol–water partition coefficient (Wildman–Crippen LogP) is 2.51. The van der Waals surface area contributed by atoms with Gasteiger partial charge in [0.1, 0.15) is 0 Å². The van der Waals surface area contributed by atoms with Crippen molar-refractivity contribution >= 4 is 15.9 Å². The lowest BCUT2D eigenvalue weighted by Gasteiger charge is -1.97. The molecule has 0 saturated heterocycles. The number of rotatable bonds is 1. The number of hydrogen-bond acceptors (Lipinski definition) is 1. The quantitative estimate of drug-likeness (QED) is 0.811. The zero-order valence-electron chi connectivity index (χ0n) is 6.68. The summed E-state index contributed by atoms with van der Waals surface area (Å²) in [4.78, 5) is 0. The summed E-state index contributed by atoms with van der Waals surface area (Å²) in [7, 11) is 0. The molecule has 2 N–H and O–H groups in total. The van der Waals surface area contributed by atoms with Crippen LogP contribution in [0.2, 0.25) is 0 Å². The summed E-state index contributed by atoms with van der Waals surface area (Å²) >= 11 is 3.24. The molecule has 0 bridgehead atoms. The molecule has 0 heterocycles. The minimum absolute atomic E-state index is 0.612. The van der Waals surface area contributed by atoms with Gasteiger partial charge in [0.15, 0.2) is 0 Å². The molecule has 0 unspecified atom stereocenters. The first-order chi connectivity index (χ1) is 6.03. The van der Waals surface area contributed by atoms with Crippen molar-refractivity contribution in [1.29, 1.82) is 0 Å². The lowest BCUT2D eigenvalue weighted by Crippen LogP contribution is -2.08. The van der Waals surface area contributed by atoms with Crippen molar-refractivity contribution in [3.63, 3.8) is 0 Å². The molecule has 1 saturated carbocycles. The van der Waals surface area contributed by atoms with Crippen LogP contribution >= 0.6 is 15.9 Å². The van der Waals surface area contributed by atoms with E-state index in [1.165, 1.54) is 0 Å². The maximum Gasteiger partial charge on any atom is 0.272 e. The van der Waals surface area contributed by atoms with E-state index in [1.54, 1.807) is 24.3 Å². The van der Waals surface area contributed by atoms with Crippen molar-refractivity contribution in [3.05, 3.63) is 34.3 Å². The highest BCUT2D eigenvalue weighted by Crippen LogP contribution is 2.54. The first-order valence-electron chi connectivity index (χ1n) is 3.92. The highest BCUT2D eigenvalue weighted by atomic mass is 79.9. The molecule has 4 heteroatoms. The fourth-order valence-electron chi connectivity index (χ4n) is 1.45. The number of nitrogens with two attached hydrogens (primary N) is 1. The Hall–Kier alpha value is -0.480. The van der Waals surface area contributed by atoms with Crippen LogP contribution in [0, 0.1) is 0 Å². The zero-order valence-corrected chi connectivity index (χ0v) is 8.26. The SMILES string of the molecule is N[C@@H]1[C@H](c2ccc(Br)cc2)C1(F)F. The van der Waals surface area contributed by atoms with Crippen LogP contribution in [0.3, 0.4) is 0 Å². The van der Waals surface area contributed by atoms with Gasteiger partial charge in [-0.2, -0.15) is 0 Å². The lowest BCUT2D eigenvalue weighted by atomic mass is 10.1. The minimum atomic E-state index is -2.71. The third-order valence-electron chi connectivity index (χ3n) is 2.34.